The van der Waals surface area contributed by atoms with Gasteiger partial charge >= 0.3 is 0 Å². The summed E-state index contributed by atoms with van der Waals surface area (Å²) in [7, 11) is 0. The van der Waals surface area contributed by atoms with Crippen molar-refractivity contribution in [2.75, 3.05) is 0 Å². The Morgan fingerprint density at radius 3 is 2.37 bits per heavy atom. The summed E-state index contributed by atoms with van der Waals surface area (Å²) in [5, 5.41) is 0. The van der Waals surface area contributed by atoms with E-state index in [1.165, 1.54) is 80.9 Å². The Bertz CT molecular complexity index is 1030. The molecule has 1 aromatic rings. The highest BCUT2D eigenvalue weighted by Gasteiger charge is 2.63. The molecule has 1 heteroatoms. The number of aryl methyl sites for hydroxylation is 2. The van der Waals surface area contributed by atoms with Gasteiger partial charge in [-0.2, -0.15) is 0 Å². The molecular formula is C37H58O. The Kier molecular flexibility index (Phi) is 7.67. The lowest BCUT2D eigenvalue weighted by molar-refractivity contribution is -0.174. The van der Waals surface area contributed by atoms with E-state index in [1.807, 2.05) is 0 Å². The third kappa shape index (κ3) is 4.71. The molecule has 9 unspecified atom stereocenters. The largest absolute Gasteiger partial charge is 0.490 e. The molecule has 0 bridgehead atoms. The summed E-state index contributed by atoms with van der Waals surface area (Å²) < 4.78 is 6.88. The van der Waals surface area contributed by atoms with Gasteiger partial charge in [0.15, 0.2) is 0 Å². The quantitative estimate of drug-likeness (QED) is 0.340. The summed E-state index contributed by atoms with van der Waals surface area (Å²) in [6, 6.07) is 6.70. The minimum Gasteiger partial charge on any atom is -0.490 e. The first-order valence-electron chi connectivity index (χ1n) is 16.2. The Hall–Kier alpha value is -1.24. The SMILES string of the molecule is CC(C)=CCCC(C)C1CCC2C3CCC4C(C)(C)C(Oc5cc(C)ccc5C)CCC4(C)C3CCC12C. The van der Waals surface area contributed by atoms with Crippen LogP contribution in [-0.4, -0.2) is 6.10 Å². The second-order valence-electron chi connectivity index (χ2n) is 15.8. The second-order valence-corrected chi connectivity index (χ2v) is 15.8. The molecule has 4 saturated carbocycles. The average Bonchev–Trinajstić information content (AvgIpc) is 3.20. The van der Waals surface area contributed by atoms with Crippen LogP contribution in [0.4, 0.5) is 0 Å². The van der Waals surface area contributed by atoms with Crippen molar-refractivity contribution < 1.29 is 4.74 Å². The van der Waals surface area contributed by atoms with Crippen molar-refractivity contribution in [2.24, 2.45) is 51.8 Å². The third-order valence-electron chi connectivity index (χ3n) is 13.1. The Morgan fingerprint density at radius 1 is 0.921 bits per heavy atom. The molecule has 0 heterocycles. The number of allylic oxidation sites excluding steroid dienone is 2. The fraction of sp³-hybridized carbons (Fsp3) is 0.784. The van der Waals surface area contributed by atoms with Gasteiger partial charge in [0, 0.05) is 5.41 Å². The van der Waals surface area contributed by atoms with E-state index < -0.39 is 0 Å². The van der Waals surface area contributed by atoms with Crippen LogP contribution < -0.4 is 4.74 Å². The minimum atomic E-state index is 0.215. The van der Waals surface area contributed by atoms with E-state index in [0.29, 0.717) is 16.9 Å². The topological polar surface area (TPSA) is 9.23 Å². The zero-order valence-electron chi connectivity index (χ0n) is 26.3. The molecule has 4 aliphatic rings. The van der Waals surface area contributed by atoms with Crippen molar-refractivity contribution in [3.63, 3.8) is 0 Å². The van der Waals surface area contributed by atoms with Crippen LogP contribution in [0.3, 0.4) is 0 Å². The zero-order valence-corrected chi connectivity index (χ0v) is 26.3. The van der Waals surface area contributed by atoms with Crippen LogP contribution in [-0.2, 0) is 0 Å². The standard InChI is InChI=1S/C37H58O/c1-24(2)11-10-12-26(4)29-16-17-30-28-15-18-33-35(6,7)34(38-32-23-25(3)13-14-27(32)5)20-22-37(33,9)31(28)19-21-36(29,30)8/h11,13-14,23,26,28-31,33-34H,10,12,15-22H2,1-9H3. The van der Waals surface area contributed by atoms with Gasteiger partial charge in [0.1, 0.15) is 11.9 Å². The second kappa shape index (κ2) is 10.3. The number of ether oxygens (including phenoxy) is 1. The Balaban J connectivity index is 1.32. The highest BCUT2D eigenvalue weighted by molar-refractivity contribution is 5.36. The molecule has 0 radical (unpaired) electrons. The van der Waals surface area contributed by atoms with Crippen LogP contribution in [0.25, 0.3) is 0 Å². The first kappa shape index (κ1) is 28.3. The van der Waals surface area contributed by atoms with Crippen LogP contribution in [0, 0.1) is 65.6 Å². The van der Waals surface area contributed by atoms with Crippen LogP contribution in [0.5, 0.6) is 5.75 Å². The van der Waals surface area contributed by atoms with Crippen molar-refractivity contribution >= 4 is 0 Å². The van der Waals surface area contributed by atoms with Gasteiger partial charge in [-0.25, -0.2) is 0 Å². The van der Waals surface area contributed by atoms with Gasteiger partial charge in [-0.15, -0.1) is 0 Å². The van der Waals surface area contributed by atoms with Gasteiger partial charge in [0.05, 0.1) is 0 Å². The van der Waals surface area contributed by atoms with Gasteiger partial charge < -0.3 is 4.74 Å². The molecule has 1 aromatic carbocycles. The van der Waals surface area contributed by atoms with Gasteiger partial charge in [-0.05, 0) is 155 Å². The van der Waals surface area contributed by atoms with Crippen molar-refractivity contribution in [3.05, 3.63) is 41.0 Å². The minimum absolute atomic E-state index is 0.215. The fourth-order valence-corrected chi connectivity index (χ4v) is 11.1. The summed E-state index contributed by atoms with van der Waals surface area (Å²) in [5.41, 5.74) is 5.33. The molecule has 0 saturated heterocycles. The van der Waals surface area contributed by atoms with Crippen LogP contribution in [0.15, 0.2) is 29.8 Å². The monoisotopic (exact) mass is 518 g/mol. The van der Waals surface area contributed by atoms with Crippen molar-refractivity contribution in [2.45, 2.75) is 133 Å². The molecule has 38 heavy (non-hydrogen) atoms. The van der Waals surface area contributed by atoms with Gasteiger partial charge in [-0.1, -0.05) is 58.4 Å². The third-order valence-corrected chi connectivity index (χ3v) is 13.1. The first-order chi connectivity index (χ1) is 17.9. The van der Waals surface area contributed by atoms with E-state index in [2.05, 4.69) is 86.6 Å². The summed E-state index contributed by atoms with van der Waals surface area (Å²) in [4.78, 5) is 0. The average molecular weight is 519 g/mol. The lowest BCUT2D eigenvalue weighted by Gasteiger charge is -2.65. The van der Waals surface area contributed by atoms with Gasteiger partial charge in [0.2, 0.25) is 0 Å². The molecule has 4 fully saturated rings. The zero-order chi connectivity index (χ0) is 27.5. The highest BCUT2D eigenvalue weighted by Crippen LogP contribution is 2.70. The van der Waals surface area contributed by atoms with Crippen molar-refractivity contribution in [1.29, 1.82) is 0 Å². The van der Waals surface area contributed by atoms with E-state index in [1.54, 1.807) is 0 Å². The van der Waals surface area contributed by atoms with Crippen LogP contribution in [0.1, 0.15) is 124 Å². The predicted molar refractivity (Wildman–Crippen MR) is 163 cm³/mol. The number of benzene rings is 1. The van der Waals surface area contributed by atoms with E-state index in [-0.39, 0.29) is 5.41 Å². The fourth-order valence-electron chi connectivity index (χ4n) is 11.1. The lowest BCUT2D eigenvalue weighted by atomic mass is 9.41. The summed E-state index contributed by atoms with van der Waals surface area (Å²) >= 11 is 0. The summed E-state index contributed by atoms with van der Waals surface area (Å²) in [5.74, 6) is 6.51. The van der Waals surface area contributed by atoms with E-state index in [4.69, 9.17) is 4.74 Å². The molecule has 212 valence electrons. The van der Waals surface area contributed by atoms with Crippen LogP contribution in [0.2, 0.25) is 0 Å². The van der Waals surface area contributed by atoms with E-state index in [0.717, 1.165) is 41.3 Å². The summed E-state index contributed by atoms with van der Waals surface area (Å²) in [6.45, 7) is 22.0. The normalized spacial score (nSPS) is 40.4. The number of hydrogen-bond acceptors (Lipinski definition) is 1. The molecule has 0 aliphatic heterocycles. The first-order valence-corrected chi connectivity index (χ1v) is 16.2. The molecule has 4 aliphatic carbocycles. The molecule has 9 atom stereocenters. The molecular weight excluding hydrogens is 460 g/mol. The number of fused-ring (bicyclic) bond motifs is 5. The molecule has 1 nitrogen and oxygen atoms in total. The van der Waals surface area contributed by atoms with Crippen LogP contribution >= 0.6 is 0 Å². The molecule has 0 N–H and O–H groups in total. The van der Waals surface area contributed by atoms with Crippen molar-refractivity contribution in [3.8, 4) is 5.75 Å². The van der Waals surface area contributed by atoms with Gasteiger partial charge in [-0.3, -0.25) is 0 Å². The number of hydrogen-bond donors (Lipinski definition) is 0. The van der Waals surface area contributed by atoms with Gasteiger partial charge in [0.25, 0.3) is 0 Å². The van der Waals surface area contributed by atoms with E-state index in [9.17, 15) is 0 Å². The van der Waals surface area contributed by atoms with E-state index >= 15 is 0 Å². The number of rotatable bonds is 6. The molecule has 0 amide bonds. The Morgan fingerprint density at radius 2 is 1.63 bits per heavy atom. The van der Waals surface area contributed by atoms with Crippen molar-refractivity contribution in [1.82, 2.24) is 0 Å². The molecule has 0 spiro atoms. The maximum absolute atomic E-state index is 6.88. The maximum Gasteiger partial charge on any atom is 0.122 e. The Labute approximate surface area is 235 Å². The predicted octanol–water partition coefficient (Wildman–Crippen LogP) is 10.7. The lowest BCUT2D eigenvalue weighted by Crippen LogP contribution is -2.60. The smallest absolute Gasteiger partial charge is 0.122 e. The summed E-state index contributed by atoms with van der Waals surface area (Å²) in [6.07, 6.45) is 16.8. The molecule has 0 aromatic heterocycles. The maximum atomic E-state index is 6.88. The molecule has 5 rings (SSSR count). The highest BCUT2D eigenvalue weighted by atomic mass is 16.5.